The molecule has 0 heterocycles. The van der Waals surface area contributed by atoms with Gasteiger partial charge in [0.05, 0.1) is 5.60 Å². The number of ether oxygens (including phenoxy) is 1. The zero-order chi connectivity index (χ0) is 13.9. The lowest BCUT2D eigenvalue weighted by atomic mass is 9.74. The van der Waals surface area contributed by atoms with Gasteiger partial charge in [0.1, 0.15) is 0 Å². The Balaban J connectivity index is 1.86. The molecule has 0 aliphatic heterocycles. The first kappa shape index (κ1) is 15.3. The fourth-order valence-electron chi connectivity index (χ4n) is 3.17. The molecule has 2 saturated carbocycles. The smallest absolute Gasteiger partial charge is 0.0806 e. The number of rotatable bonds is 7. The molecule has 0 bridgehead atoms. The minimum atomic E-state index is 0.137. The Morgan fingerprint density at radius 2 is 1.68 bits per heavy atom. The van der Waals surface area contributed by atoms with Gasteiger partial charge in [-0.05, 0) is 56.3 Å². The molecule has 0 saturated heterocycles. The van der Waals surface area contributed by atoms with E-state index in [0.717, 1.165) is 31.0 Å². The molecule has 0 unspecified atom stereocenters. The summed E-state index contributed by atoms with van der Waals surface area (Å²) in [4.78, 5) is 0. The van der Waals surface area contributed by atoms with Crippen molar-refractivity contribution in [3.8, 4) is 0 Å². The molecule has 0 spiro atoms. The Hall–Kier alpha value is -0.0800. The molecule has 0 aromatic rings. The largest absolute Gasteiger partial charge is 0.373 e. The minimum absolute atomic E-state index is 0.137. The number of hydrogen-bond donors (Lipinski definition) is 1. The molecule has 112 valence electrons. The summed E-state index contributed by atoms with van der Waals surface area (Å²) in [6.45, 7) is 11.2. The Bertz CT molecular complexity index is 254. The summed E-state index contributed by atoms with van der Waals surface area (Å²) in [5, 5.41) is 3.71. The van der Waals surface area contributed by atoms with E-state index in [2.05, 4.69) is 33.0 Å². The van der Waals surface area contributed by atoms with Crippen molar-refractivity contribution < 1.29 is 4.74 Å². The van der Waals surface area contributed by atoms with E-state index in [0.29, 0.717) is 5.92 Å². The van der Waals surface area contributed by atoms with Crippen LogP contribution >= 0.6 is 0 Å². The lowest BCUT2D eigenvalue weighted by molar-refractivity contribution is -0.0885. The third-order valence-electron chi connectivity index (χ3n) is 4.90. The molecule has 2 nitrogen and oxygen atoms in total. The molecule has 2 aliphatic carbocycles. The third-order valence-corrected chi connectivity index (χ3v) is 4.90. The van der Waals surface area contributed by atoms with E-state index in [1.54, 1.807) is 0 Å². The fourth-order valence-corrected chi connectivity index (χ4v) is 3.17. The summed E-state index contributed by atoms with van der Waals surface area (Å²) >= 11 is 0. The van der Waals surface area contributed by atoms with Crippen molar-refractivity contribution in [1.82, 2.24) is 5.32 Å². The highest BCUT2D eigenvalue weighted by Gasteiger charge is 2.38. The van der Waals surface area contributed by atoms with Crippen molar-refractivity contribution in [1.29, 1.82) is 0 Å². The van der Waals surface area contributed by atoms with Crippen molar-refractivity contribution in [3.05, 3.63) is 0 Å². The van der Waals surface area contributed by atoms with Crippen molar-refractivity contribution in [2.45, 2.75) is 77.9 Å². The molecule has 2 heteroatoms. The maximum absolute atomic E-state index is 6.38. The van der Waals surface area contributed by atoms with Crippen LogP contribution in [0.15, 0.2) is 0 Å². The highest BCUT2D eigenvalue weighted by molar-refractivity contribution is 4.93. The fraction of sp³-hybridized carbons (Fsp3) is 1.00. The Morgan fingerprint density at radius 1 is 1.05 bits per heavy atom. The predicted octanol–water partition coefficient (Wildman–Crippen LogP) is 4.00. The van der Waals surface area contributed by atoms with Crippen LogP contribution in [0.3, 0.4) is 0 Å². The lowest BCUT2D eigenvalue weighted by Crippen LogP contribution is -2.47. The second-order valence-corrected chi connectivity index (χ2v) is 7.62. The number of hydrogen-bond acceptors (Lipinski definition) is 2. The van der Waals surface area contributed by atoms with Gasteiger partial charge in [-0.1, -0.05) is 27.7 Å². The van der Waals surface area contributed by atoms with E-state index in [1.807, 2.05) is 0 Å². The standard InChI is InChI=1S/C17H33NO/c1-13(2)11-19-17(12-18-16-5-6-16)9-7-15(8-10-17)14(3)4/h13-16,18H,5-12H2,1-4H3. The summed E-state index contributed by atoms with van der Waals surface area (Å²) in [6, 6.07) is 0.794. The lowest BCUT2D eigenvalue weighted by Gasteiger charge is -2.42. The third kappa shape index (κ3) is 4.75. The van der Waals surface area contributed by atoms with E-state index in [1.165, 1.54) is 38.5 Å². The molecule has 0 amide bonds. The zero-order valence-corrected chi connectivity index (χ0v) is 13.4. The van der Waals surface area contributed by atoms with Crippen molar-refractivity contribution in [2.75, 3.05) is 13.2 Å². The van der Waals surface area contributed by atoms with Gasteiger partial charge >= 0.3 is 0 Å². The van der Waals surface area contributed by atoms with E-state index < -0.39 is 0 Å². The zero-order valence-electron chi connectivity index (χ0n) is 13.4. The van der Waals surface area contributed by atoms with E-state index in [4.69, 9.17) is 4.74 Å². The van der Waals surface area contributed by atoms with Crippen molar-refractivity contribution >= 4 is 0 Å². The SMILES string of the molecule is CC(C)COC1(CNC2CC2)CCC(C(C)C)CC1. The molecule has 2 fully saturated rings. The van der Waals surface area contributed by atoms with Gasteiger partial charge in [0.2, 0.25) is 0 Å². The highest BCUT2D eigenvalue weighted by atomic mass is 16.5. The molecule has 0 aromatic heterocycles. The van der Waals surface area contributed by atoms with Crippen LogP contribution in [0.1, 0.15) is 66.2 Å². The van der Waals surface area contributed by atoms with Gasteiger partial charge in [0.15, 0.2) is 0 Å². The molecule has 2 aliphatic rings. The average molecular weight is 267 g/mol. The van der Waals surface area contributed by atoms with Crippen LogP contribution in [0.5, 0.6) is 0 Å². The minimum Gasteiger partial charge on any atom is -0.373 e. The molecular formula is C17H33NO. The van der Waals surface area contributed by atoms with Gasteiger partial charge in [-0.3, -0.25) is 0 Å². The average Bonchev–Trinajstić information content (AvgIpc) is 3.19. The summed E-state index contributed by atoms with van der Waals surface area (Å²) in [5.74, 6) is 2.39. The van der Waals surface area contributed by atoms with E-state index in [-0.39, 0.29) is 5.60 Å². The Labute approximate surface area is 119 Å². The Morgan fingerprint density at radius 3 is 2.16 bits per heavy atom. The van der Waals surface area contributed by atoms with Gasteiger partial charge in [-0.2, -0.15) is 0 Å². The predicted molar refractivity (Wildman–Crippen MR) is 81.3 cm³/mol. The monoisotopic (exact) mass is 267 g/mol. The topological polar surface area (TPSA) is 21.3 Å². The van der Waals surface area contributed by atoms with Crippen molar-refractivity contribution in [2.24, 2.45) is 17.8 Å². The first-order chi connectivity index (χ1) is 9.01. The van der Waals surface area contributed by atoms with Crippen LogP contribution in [0.25, 0.3) is 0 Å². The summed E-state index contributed by atoms with van der Waals surface area (Å²) < 4.78 is 6.38. The molecule has 0 radical (unpaired) electrons. The van der Waals surface area contributed by atoms with Crippen LogP contribution in [-0.2, 0) is 4.74 Å². The van der Waals surface area contributed by atoms with Crippen LogP contribution in [0.4, 0.5) is 0 Å². The molecule has 19 heavy (non-hydrogen) atoms. The van der Waals surface area contributed by atoms with Crippen LogP contribution < -0.4 is 5.32 Å². The van der Waals surface area contributed by atoms with Gasteiger partial charge in [0.25, 0.3) is 0 Å². The maximum atomic E-state index is 6.38. The molecule has 0 atom stereocenters. The van der Waals surface area contributed by atoms with E-state index in [9.17, 15) is 0 Å². The van der Waals surface area contributed by atoms with E-state index >= 15 is 0 Å². The van der Waals surface area contributed by atoms with Gasteiger partial charge in [-0.25, -0.2) is 0 Å². The van der Waals surface area contributed by atoms with Crippen LogP contribution in [-0.4, -0.2) is 24.8 Å². The highest BCUT2D eigenvalue weighted by Crippen LogP contribution is 2.38. The van der Waals surface area contributed by atoms with Gasteiger partial charge in [0, 0.05) is 19.2 Å². The van der Waals surface area contributed by atoms with Crippen molar-refractivity contribution in [3.63, 3.8) is 0 Å². The molecule has 2 rings (SSSR count). The molecule has 1 N–H and O–H groups in total. The quantitative estimate of drug-likeness (QED) is 0.753. The second-order valence-electron chi connectivity index (χ2n) is 7.62. The van der Waals surface area contributed by atoms with Crippen LogP contribution in [0.2, 0.25) is 0 Å². The maximum Gasteiger partial charge on any atom is 0.0806 e. The first-order valence-electron chi connectivity index (χ1n) is 8.38. The summed E-state index contributed by atoms with van der Waals surface area (Å²) in [7, 11) is 0. The van der Waals surface area contributed by atoms with Gasteiger partial charge < -0.3 is 10.1 Å². The first-order valence-corrected chi connectivity index (χ1v) is 8.38. The van der Waals surface area contributed by atoms with Crippen LogP contribution in [0, 0.1) is 17.8 Å². The summed E-state index contributed by atoms with van der Waals surface area (Å²) in [5.41, 5.74) is 0.137. The Kier molecular flexibility index (Phi) is 5.30. The summed E-state index contributed by atoms with van der Waals surface area (Å²) in [6.07, 6.45) is 7.94. The van der Waals surface area contributed by atoms with Gasteiger partial charge in [-0.15, -0.1) is 0 Å². The molecular weight excluding hydrogens is 234 g/mol. The second kappa shape index (κ2) is 6.58. The number of nitrogens with one attached hydrogen (secondary N) is 1. The normalized spacial score (nSPS) is 32.2. The molecule has 0 aromatic carbocycles.